The number of hydrogen-bond donors (Lipinski definition) is 1. The zero-order chi connectivity index (χ0) is 15.2. The maximum atomic E-state index is 12.2. The first-order chi connectivity index (χ1) is 10.1. The molecule has 0 saturated heterocycles. The molecule has 0 unspecified atom stereocenters. The van der Waals surface area contributed by atoms with E-state index in [1.54, 1.807) is 12.1 Å². The van der Waals surface area contributed by atoms with Crippen LogP contribution in [0.2, 0.25) is 0 Å². The lowest BCUT2D eigenvalue weighted by atomic mass is 10.2. The SMILES string of the molecule is CC(C)COc1ccccc1NC(=O)c1ccc(Br)nc1. The molecule has 1 N–H and O–H groups in total. The average Bonchev–Trinajstić information content (AvgIpc) is 2.47. The van der Waals surface area contributed by atoms with E-state index in [0.29, 0.717) is 34.1 Å². The Labute approximate surface area is 132 Å². The highest BCUT2D eigenvalue weighted by Crippen LogP contribution is 2.25. The third kappa shape index (κ3) is 4.56. The molecule has 0 aliphatic heterocycles. The Hall–Kier alpha value is -1.88. The number of carbonyl (C=O) groups excluding carboxylic acids is 1. The van der Waals surface area contributed by atoms with Crippen LogP contribution in [0.3, 0.4) is 0 Å². The Bertz CT molecular complexity index is 612. The molecule has 1 aromatic heterocycles. The summed E-state index contributed by atoms with van der Waals surface area (Å²) in [4.78, 5) is 16.2. The van der Waals surface area contributed by atoms with E-state index >= 15 is 0 Å². The number of pyridine rings is 1. The number of carbonyl (C=O) groups is 1. The zero-order valence-corrected chi connectivity index (χ0v) is 13.6. The van der Waals surface area contributed by atoms with E-state index in [-0.39, 0.29) is 5.91 Å². The number of para-hydroxylation sites is 2. The van der Waals surface area contributed by atoms with Crippen molar-refractivity contribution in [2.75, 3.05) is 11.9 Å². The van der Waals surface area contributed by atoms with E-state index in [1.165, 1.54) is 6.20 Å². The Morgan fingerprint density at radius 2 is 2.05 bits per heavy atom. The summed E-state index contributed by atoms with van der Waals surface area (Å²) in [5.74, 6) is 0.879. The molecule has 0 bridgehead atoms. The minimum Gasteiger partial charge on any atom is -0.491 e. The highest BCUT2D eigenvalue weighted by molar-refractivity contribution is 9.10. The smallest absolute Gasteiger partial charge is 0.257 e. The predicted octanol–water partition coefficient (Wildman–Crippen LogP) is 4.13. The Balaban J connectivity index is 2.11. The van der Waals surface area contributed by atoms with Crippen molar-refractivity contribution in [3.8, 4) is 5.75 Å². The molecule has 5 heteroatoms. The number of amides is 1. The maximum absolute atomic E-state index is 12.2. The minimum absolute atomic E-state index is 0.212. The van der Waals surface area contributed by atoms with Crippen LogP contribution in [-0.4, -0.2) is 17.5 Å². The Morgan fingerprint density at radius 1 is 1.29 bits per heavy atom. The summed E-state index contributed by atoms with van der Waals surface area (Å²) in [7, 11) is 0. The second-order valence-corrected chi connectivity index (χ2v) is 5.84. The molecule has 4 nitrogen and oxygen atoms in total. The maximum Gasteiger partial charge on any atom is 0.257 e. The van der Waals surface area contributed by atoms with Gasteiger partial charge in [0.25, 0.3) is 5.91 Å². The molecule has 1 heterocycles. The first-order valence-electron chi connectivity index (χ1n) is 6.71. The normalized spacial score (nSPS) is 10.5. The van der Waals surface area contributed by atoms with Crippen molar-refractivity contribution < 1.29 is 9.53 Å². The molecular weight excluding hydrogens is 332 g/mol. The number of nitrogens with zero attached hydrogens (tertiary/aromatic N) is 1. The minimum atomic E-state index is -0.212. The van der Waals surface area contributed by atoms with E-state index in [9.17, 15) is 4.79 Å². The number of benzene rings is 1. The number of halogens is 1. The molecule has 2 rings (SSSR count). The van der Waals surface area contributed by atoms with Crippen LogP contribution in [0.4, 0.5) is 5.69 Å². The fourth-order valence-corrected chi connectivity index (χ4v) is 1.89. The summed E-state index contributed by atoms with van der Waals surface area (Å²) in [6.45, 7) is 4.76. The van der Waals surface area contributed by atoms with Crippen LogP contribution in [0.25, 0.3) is 0 Å². The molecule has 0 saturated carbocycles. The van der Waals surface area contributed by atoms with Gasteiger partial charge in [-0.25, -0.2) is 4.98 Å². The highest BCUT2D eigenvalue weighted by Gasteiger charge is 2.10. The van der Waals surface area contributed by atoms with Crippen LogP contribution in [0.1, 0.15) is 24.2 Å². The van der Waals surface area contributed by atoms with Gasteiger partial charge in [-0.15, -0.1) is 0 Å². The van der Waals surface area contributed by atoms with Crippen molar-refractivity contribution in [2.24, 2.45) is 5.92 Å². The van der Waals surface area contributed by atoms with Gasteiger partial charge in [-0.3, -0.25) is 4.79 Å². The van der Waals surface area contributed by atoms with E-state index in [0.717, 1.165) is 0 Å². The van der Waals surface area contributed by atoms with Gasteiger partial charge < -0.3 is 10.1 Å². The molecule has 0 spiro atoms. The van der Waals surface area contributed by atoms with E-state index in [2.05, 4.69) is 40.1 Å². The molecular formula is C16H17BrN2O2. The van der Waals surface area contributed by atoms with Crippen molar-refractivity contribution in [2.45, 2.75) is 13.8 Å². The van der Waals surface area contributed by atoms with E-state index < -0.39 is 0 Å². The number of anilines is 1. The van der Waals surface area contributed by atoms with Crippen LogP contribution in [0, 0.1) is 5.92 Å². The second kappa shape index (κ2) is 7.22. The van der Waals surface area contributed by atoms with Gasteiger partial charge in [0, 0.05) is 6.20 Å². The molecule has 0 radical (unpaired) electrons. The van der Waals surface area contributed by atoms with Crippen molar-refractivity contribution in [3.63, 3.8) is 0 Å². The zero-order valence-electron chi connectivity index (χ0n) is 12.0. The third-order valence-corrected chi connectivity index (χ3v) is 3.17. The number of ether oxygens (including phenoxy) is 1. The summed E-state index contributed by atoms with van der Waals surface area (Å²) in [6, 6.07) is 10.8. The monoisotopic (exact) mass is 348 g/mol. The molecule has 0 atom stereocenters. The van der Waals surface area contributed by atoms with Crippen molar-refractivity contribution in [1.29, 1.82) is 0 Å². The van der Waals surface area contributed by atoms with Crippen molar-refractivity contribution in [1.82, 2.24) is 4.98 Å². The average molecular weight is 349 g/mol. The molecule has 1 amide bonds. The van der Waals surface area contributed by atoms with E-state index in [4.69, 9.17) is 4.74 Å². The van der Waals surface area contributed by atoms with E-state index in [1.807, 2.05) is 24.3 Å². The standard InChI is InChI=1S/C16H17BrN2O2/c1-11(2)10-21-14-6-4-3-5-13(14)19-16(20)12-7-8-15(17)18-9-12/h3-9,11H,10H2,1-2H3,(H,19,20). The number of aromatic nitrogens is 1. The van der Waals surface area contributed by atoms with Gasteiger partial charge in [0.1, 0.15) is 10.4 Å². The number of hydrogen-bond acceptors (Lipinski definition) is 3. The Kier molecular flexibility index (Phi) is 5.33. The molecule has 0 fully saturated rings. The summed E-state index contributed by atoms with van der Waals surface area (Å²) in [5, 5.41) is 2.85. The van der Waals surface area contributed by atoms with Crippen molar-refractivity contribution >= 4 is 27.5 Å². The fraction of sp³-hybridized carbons (Fsp3) is 0.250. The molecule has 110 valence electrons. The molecule has 2 aromatic rings. The Morgan fingerprint density at radius 3 is 2.71 bits per heavy atom. The summed E-state index contributed by atoms with van der Waals surface area (Å²) in [5.41, 5.74) is 1.16. The quantitative estimate of drug-likeness (QED) is 0.826. The molecule has 0 aliphatic rings. The van der Waals surface area contributed by atoms with Gasteiger partial charge in [0.2, 0.25) is 0 Å². The summed E-state index contributed by atoms with van der Waals surface area (Å²) < 4.78 is 6.41. The van der Waals surface area contributed by atoms with Gasteiger partial charge in [-0.05, 0) is 46.1 Å². The van der Waals surface area contributed by atoms with Crippen LogP contribution in [-0.2, 0) is 0 Å². The first kappa shape index (κ1) is 15.5. The predicted molar refractivity (Wildman–Crippen MR) is 86.7 cm³/mol. The fourth-order valence-electron chi connectivity index (χ4n) is 1.66. The van der Waals surface area contributed by atoms with Gasteiger partial charge >= 0.3 is 0 Å². The van der Waals surface area contributed by atoms with Crippen LogP contribution in [0.5, 0.6) is 5.75 Å². The first-order valence-corrected chi connectivity index (χ1v) is 7.50. The summed E-state index contributed by atoms with van der Waals surface area (Å²) >= 11 is 3.24. The topological polar surface area (TPSA) is 51.2 Å². The lowest BCUT2D eigenvalue weighted by Gasteiger charge is -2.13. The van der Waals surface area contributed by atoms with Gasteiger partial charge in [-0.1, -0.05) is 26.0 Å². The van der Waals surface area contributed by atoms with Gasteiger partial charge in [0.05, 0.1) is 17.9 Å². The largest absolute Gasteiger partial charge is 0.491 e. The van der Waals surface area contributed by atoms with Crippen LogP contribution < -0.4 is 10.1 Å². The number of rotatable bonds is 5. The lowest BCUT2D eigenvalue weighted by Crippen LogP contribution is -2.14. The lowest BCUT2D eigenvalue weighted by molar-refractivity contribution is 0.102. The van der Waals surface area contributed by atoms with Crippen LogP contribution >= 0.6 is 15.9 Å². The van der Waals surface area contributed by atoms with Gasteiger partial charge in [0.15, 0.2) is 0 Å². The molecule has 21 heavy (non-hydrogen) atoms. The van der Waals surface area contributed by atoms with Gasteiger partial charge in [-0.2, -0.15) is 0 Å². The molecule has 0 aliphatic carbocycles. The molecule has 1 aromatic carbocycles. The summed E-state index contributed by atoms with van der Waals surface area (Å²) in [6.07, 6.45) is 1.52. The van der Waals surface area contributed by atoms with Crippen molar-refractivity contribution in [3.05, 3.63) is 52.8 Å². The second-order valence-electron chi connectivity index (χ2n) is 5.02. The highest BCUT2D eigenvalue weighted by atomic mass is 79.9. The van der Waals surface area contributed by atoms with Crippen LogP contribution in [0.15, 0.2) is 47.2 Å². The third-order valence-electron chi connectivity index (χ3n) is 2.70. The number of nitrogens with one attached hydrogen (secondary N) is 1.